The van der Waals surface area contributed by atoms with Crippen molar-refractivity contribution in [2.75, 3.05) is 20.1 Å². The lowest BCUT2D eigenvalue weighted by molar-refractivity contribution is -0.142. The van der Waals surface area contributed by atoms with Gasteiger partial charge in [-0.15, -0.1) is 11.3 Å². The third kappa shape index (κ3) is 2.63. The second kappa shape index (κ2) is 5.49. The van der Waals surface area contributed by atoms with Crippen LogP contribution in [0.3, 0.4) is 0 Å². The molecule has 0 saturated carbocycles. The molecule has 0 aliphatic carbocycles. The molecular weight excluding hydrogens is 268 g/mol. The fourth-order valence-corrected chi connectivity index (χ4v) is 4.71. The number of thiophene rings is 1. The molecule has 4 heteroatoms. The molecule has 1 atom stereocenters. The van der Waals surface area contributed by atoms with E-state index in [0.717, 1.165) is 25.9 Å². The first kappa shape index (κ1) is 14.1. The highest BCUT2D eigenvalue weighted by molar-refractivity contribution is 7.11. The molecule has 0 bridgehead atoms. The maximum absolute atomic E-state index is 12.0. The van der Waals surface area contributed by atoms with Gasteiger partial charge in [-0.1, -0.05) is 0 Å². The first-order valence-corrected chi connectivity index (χ1v) is 8.45. The fourth-order valence-electron chi connectivity index (χ4n) is 3.78. The molecule has 2 fully saturated rings. The van der Waals surface area contributed by atoms with Crippen LogP contribution in [0.15, 0.2) is 12.1 Å². The van der Waals surface area contributed by atoms with Crippen LogP contribution >= 0.6 is 11.3 Å². The number of likely N-dealkylation sites (tertiary alicyclic amines) is 2. The van der Waals surface area contributed by atoms with Crippen LogP contribution in [-0.2, 0) is 11.3 Å². The highest BCUT2D eigenvalue weighted by atomic mass is 32.1. The van der Waals surface area contributed by atoms with Gasteiger partial charge in [-0.2, -0.15) is 0 Å². The second-order valence-corrected chi connectivity index (χ2v) is 7.73. The Balaban J connectivity index is 1.71. The van der Waals surface area contributed by atoms with Crippen LogP contribution in [0, 0.1) is 6.92 Å². The highest BCUT2D eigenvalue weighted by Crippen LogP contribution is 2.36. The van der Waals surface area contributed by atoms with Crippen LogP contribution in [0.5, 0.6) is 0 Å². The van der Waals surface area contributed by atoms with Crippen LogP contribution < -0.4 is 0 Å². The van der Waals surface area contributed by atoms with Crippen LogP contribution in [-0.4, -0.2) is 41.4 Å². The first-order chi connectivity index (χ1) is 9.59. The zero-order valence-electron chi connectivity index (χ0n) is 12.5. The molecule has 3 heterocycles. The number of rotatable bonds is 2. The smallest absolute Gasteiger partial charge is 0.222 e. The summed E-state index contributed by atoms with van der Waals surface area (Å²) in [6.45, 7) is 5.43. The minimum Gasteiger partial charge on any atom is -0.339 e. The van der Waals surface area contributed by atoms with Gasteiger partial charge in [0.1, 0.15) is 0 Å². The zero-order chi connectivity index (χ0) is 14.2. The second-order valence-electron chi connectivity index (χ2n) is 6.36. The number of carbonyl (C=O) groups is 1. The van der Waals surface area contributed by atoms with E-state index in [4.69, 9.17) is 0 Å². The van der Waals surface area contributed by atoms with Gasteiger partial charge in [0.25, 0.3) is 0 Å². The Bertz CT molecular complexity index is 494. The predicted molar refractivity (Wildman–Crippen MR) is 82.9 cm³/mol. The quantitative estimate of drug-likeness (QED) is 0.836. The molecule has 1 spiro atoms. The van der Waals surface area contributed by atoms with Crippen molar-refractivity contribution < 1.29 is 4.79 Å². The lowest BCUT2D eigenvalue weighted by Crippen LogP contribution is -2.60. The van der Waals surface area contributed by atoms with Crippen LogP contribution in [0.25, 0.3) is 0 Å². The Hall–Kier alpha value is -0.870. The zero-order valence-corrected chi connectivity index (χ0v) is 13.3. The van der Waals surface area contributed by atoms with Crippen molar-refractivity contribution >= 4 is 17.2 Å². The van der Waals surface area contributed by atoms with E-state index in [-0.39, 0.29) is 5.54 Å². The first-order valence-electron chi connectivity index (χ1n) is 7.63. The number of hydrogen-bond acceptors (Lipinski definition) is 3. The molecule has 20 heavy (non-hydrogen) atoms. The van der Waals surface area contributed by atoms with Gasteiger partial charge in [0.2, 0.25) is 5.91 Å². The molecule has 1 amide bonds. The minimum atomic E-state index is 0.111. The molecule has 2 saturated heterocycles. The molecule has 1 unspecified atom stereocenters. The normalized spacial score (nSPS) is 28.3. The Morgan fingerprint density at radius 2 is 2.10 bits per heavy atom. The minimum absolute atomic E-state index is 0.111. The standard InChI is InChI=1S/C16H24N2OS/c1-13-6-7-14(20-13)11-18-10-4-9-16(12-18)8-3-5-15(19)17(16)2/h6-7H,3-5,8-12H2,1-2H3. The summed E-state index contributed by atoms with van der Waals surface area (Å²) >= 11 is 1.90. The van der Waals surface area contributed by atoms with E-state index in [9.17, 15) is 4.79 Å². The summed E-state index contributed by atoms with van der Waals surface area (Å²) in [5.41, 5.74) is 0.111. The third-order valence-corrected chi connectivity index (χ3v) is 5.91. The number of hydrogen-bond donors (Lipinski definition) is 0. The molecule has 3 rings (SSSR count). The number of piperidine rings is 2. The van der Waals surface area contributed by atoms with E-state index in [1.54, 1.807) is 0 Å². The van der Waals surface area contributed by atoms with Gasteiger partial charge in [-0.05, 0) is 51.3 Å². The summed E-state index contributed by atoms with van der Waals surface area (Å²) < 4.78 is 0. The largest absolute Gasteiger partial charge is 0.339 e. The third-order valence-electron chi connectivity index (χ3n) is 4.93. The lowest BCUT2D eigenvalue weighted by atomic mass is 9.80. The Kier molecular flexibility index (Phi) is 3.87. The Morgan fingerprint density at radius 1 is 1.30 bits per heavy atom. The number of likely N-dealkylation sites (N-methyl/N-ethyl adjacent to an activating group) is 1. The number of nitrogens with zero attached hydrogens (tertiary/aromatic N) is 2. The van der Waals surface area contributed by atoms with Gasteiger partial charge < -0.3 is 4.90 Å². The van der Waals surface area contributed by atoms with Crippen molar-refractivity contribution in [3.8, 4) is 0 Å². The SMILES string of the molecule is Cc1ccc(CN2CCCC3(CCCC(=O)N3C)C2)s1. The monoisotopic (exact) mass is 292 g/mol. The number of aryl methyl sites for hydroxylation is 1. The van der Waals surface area contributed by atoms with E-state index in [0.29, 0.717) is 5.91 Å². The molecule has 2 aliphatic rings. The summed E-state index contributed by atoms with van der Waals surface area (Å²) in [6.07, 6.45) is 5.36. The average molecular weight is 292 g/mol. The molecular formula is C16H24N2OS. The predicted octanol–water partition coefficient (Wildman–Crippen LogP) is 3.03. The Labute approximate surface area is 125 Å². The lowest BCUT2D eigenvalue weighted by Gasteiger charge is -2.50. The molecule has 110 valence electrons. The van der Waals surface area contributed by atoms with E-state index in [2.05, 4.69) is 28.9 Å². The molecule has 1 aromatic rings. The van der Waals surface area contributed by atoms with E-state index in [1.165, 1.54) is 35.6 Å². The van der Waals surface area contributed by atoms with Gasteiger partial charge in [0.15, 0.2) is 0 Å². The molecule has 0 radical (unpaired) electrons. The Morgan fingerprint density at radius 3 is 2.85 bits per heavy atom. The van der Waals surface area contributed by atoms with Crippen LogP contribution in [0.4, 0.5) is 0 Å². The molecule has 0 N–H and O–H groups in total. The maximum Gasteiger partial charge on any atom is 0.222 e. The van der Waals surface area contributed by atoms with Crippen molar-refractivity contribution in [2.45, 2.75) is 51.1 Å². The van der Waals surface area contributed by atoms with Gasteiger partial charge in [-0.3, -0.25) is 9.69 Å². The van der Waals surface area contributed by atoms with Crippen molar-refractivity contribution in [3.63, 3.8) is 0 Å². The molecule has 1 aromatic heterocycles. The van der Waals surface area contributed by atoms with E-state index < -0.39 is 0 Å². The van der Waals surface area contributed by atoms with Crippen molar-refractivity contribution in [1.29, 1.82) is 0 Å². The van der Waals surface area contributed by atoms with E-state index >= 15 is 0 Å². The van der Waals surface area contributed by atoms with Gasteiger partial charge in [-0.25, -0.2) is 0 Å². The molecule has 0 aromatic carbocycles. The highest BCUT2D eigenvalue weighted by Gasteiger charge is 2.43. The molecule has 2 aliphatic heterocycles. The van der Waals surface area contributed by atoms with Crippen LogP contribution in [0.2, 0.25) is 0 Å². The number of carbonyl (C=O) groups excluding carboxylic acids is 1. The summed E-state index contributed by atoms with van der Waals surface area (Å²) in [5.74, 6) is 0.338. The summed E-state index contributed by atoms with van der Waals surface area (Å²) in [5, 5.41) is 0. The molecule has 3 nitrogen and oxygen atoms in total. The summed E-state index contributed by atoms with van der Waals surface area (Å²) in [6, 6.07) is 4.45. The fraction of sp³-hybridized carbons (Fsp3) is 0.688. The summed E-state index contributed by atoms with van der Waals surface area (Å²) in [7, 11) is 2.01. The van der Waals surface area contributed by atoms with Gasteiger partial charge >= 0.3 is 0 Å². The van der Waals surface area contributed by atoms with E-state index in [1.807, 2.05) is 18.4 Å². The average Bonchev–Trinajstić information content (AvgIpc) is 2.82. The van der Waals surface area contributed by atoms with Gasteiger partial charge in [0.05, 0.1) is 5.54 Å². The topological polar surface area (TPSA) is 23.6 Å². The van der Waals surface area contributed by atoms with Crippen LogP contribution in [0.1, 0.15) is 41.9 Å². The number of amides is 1. The van der Waals surface area contributed by atoms with Gasteiger partial charge in [0, 0.05) is 36.3 Å². The van der Waals surface area contributed by atoms with Crippen molar-refractivity contribution in [1.82, 2.24) is 9.80 Å². The summed E-state index contributed by atoms with van der Waals surface area (Å²) in [4.78, 5) is 19.5. The van der Waals surface area contributed by atoms with Crippen molar-refractivity contribution in [3.05, 3.63) is 21.9 Å². The maximum atomic E-state index is 12.0. The van der Waals surface area contributed by atoms with Crippen molar-refractivity contribution in [2.24, 2.45) is 0 Å².